The first-order valence-corrected chi connectivity index (χ1v) is 18.8. The second-order valence-electron chi connectivity index (χ2n) is 13.7. The zero-order valence-corrected chi connectivity index (χ0v) is 29.3. The maximum Gasteiger partial charge on any atom is 0.160 e. The molecular weight excluding hydrogens is 665 g/mol. The molecule has 3 heterocycles. The molecule has 0 bridgehead atoms. The summed E-state index contributed by atoms with van der Waals surface area (Å²) in [7, 11) is 0. The molecule has 0 radical (unpaired) electrons. The quantitative estimate of drug-likeness (QED) is 0.184. The van der Waals surface area contributed by atoms with E-state index in [1.165, 1.54) is 37.9 Å². The van der Waals surface area contributed by atoms with Crippen LogP contribution in [0.3, 0.4) is 0 Å². The fourth-order valence-corrected chi connectivity index (χ4v) is 9.34. The number of rotatable bonds is 4. The molecule has 2 aromatic heterocycles. The fourth-order valence-electron chi connectivity index (χ4n) is 8.55. The third-order valence-corrected chi connectivity index (χ3v) is 11.7. The average molecular weight is 695 g/mol. The van der Waals surface area contributed by atoms with Gasteiger partial charge in [0.15, 0.2) is 5.82 Å². The van der Waals surface area contributed by atoms with Gasteiger partial charge in [-0.2, -0.15) is 0 Å². The van der Waals surface area contributed by atoms with Crippen molar-refractivity contribution in [3.63, 3.8) is 0 Å². The van der Waals surface area contributed by atoms with Crippen LogP contribution in [0.2, 0.25) is 0 Å². The van der Waals surface area contributed by atoms with Gasteiger partial charge in [0, 0.05) is 37.9 Å². The van der Waals surface area contributed by atoms with Crippen LogP contribution in [0, 0.1) is 0 Å². The van der Waals surface area contributed by atoms with Crippen LogP contribution >= 0.6 is 11.3 Å². The van der Waals surface area contributed by atoms with E-state index in [1.807, 2.05) is 24.3 Å². The molecule has 0 N–H and O–H groups in total. The van der Waals surface area contributed by atoms with Gasteiger partial charge in [-0.3, -0.25) is 0 Å². The number of benzene rings is 7. The van der Waals surface area contributed by atoms with Gasteiger partial charge in [0.1, 0.15) is 11.5 Å². The molecule has 1 unspecified atom stereocenters. The minimum atomic E-state index is -0.540. The highest BCUT2D eigenvalue weighted by atomic mass is 32.1. The molecule has 0 saturated heterocycles. The molecule has 9 aromatic rings. The van der Waals surface area contributed by atoms with Crippen molar-refractivity contribution < 1.29 is 4.74 Å². The van der Waals surface area contributed by atoms with Crippen molar-refractivity contribution in [2.75, 3.05) is 0 Å². The van der Waals surface area contributed by atoms with Gasteiger partial charge in [0.2, 0.25) is 0 Å². The third kappa shape index (κ3) is 4.52. The van der Waals surface area contributed by atoms with Crippen molar-refractivity contribution in [3.05, 3.63) is 204 Å². The van der Waals surface area contributed by atoms with Crippen molar-refractivity contribution in [1.82, 2.24) is 9.97 Å². The molecule has 1 aliphatic heterocycles. The zero-order chi connectivity index (χ0) is 34.9. The summed E-state index contributed by atoms with van der Waals surface area (Å²) in [5.74, 6) is 2.49. The molecule has 248 valence electrons. The van der Waals surface area contributed by atoms with E-state index in [0.717, 1.165) is 56.3 Å². The van der Waals surface area contributed by atoms with Gasteiger partial charge >= 0.3 is 0 Å². The molecule has 0 amide bonds. The molecule has 1 spiro atoms. The lowest BCUT2D eigenvalue weighted by molar-refractivity contribution is 0.436. The number of para-hydroxylation sites is 1. The molecule has 53 heavy (non-hydrogen) atoms. The second kappa shape index (κ2) is 11.7. The van der Waals surface area contributed by atoms with Crippen molar-refractivity contribution >= 4 is 21.4 Å². The van der Waals surface area contributed by atoms with Crippen molar-refractivity contribution in [1.29, 1.82) is 0 Å². The second-order valence-corrected chi connectivity index (χ2v) is 14.6. The Balaban J connectivity index is 1.11. The van der Waals surface area contributed by atoms with Gasteiger partial charge in [0.25, 0.3) is 0 Å². The number of fused-ring (bicyclic) bond motifs is 11. The predicted molar refractivity (Wildman–Crippen MR) is 217 cm³/mol. The SMILES string of the molecule is c1ccc(-c2cc(-c3cccc(-c4ccc5c(c4)C4(c6ccccc6O5)c5ccccc5-c5c4ccc4sccc54)c3)nc(-c3ccccc3)n2)cc1. The van der Waals surface area contributed by atoms with E-state index < -0.39 is 5.41 Å². The Morgan fingerprint density at radius 3 is 1.94 bits per heavy atom. The normalized spacial score (nSPS) is 15.0. The van der Waals surface area contributed by atoms with E-state index in [2.05, 4.69) is 157 Å². The molecule has 0 fully saturated rings. The molecule has 1 aliphatic carbocycles. The Kier molecular flexibility index (Phi) is 6.64. The molecule has 1 atom stereocenters. The Hall–Kier alpha value is -6.62. The smallest absolute Gasteiger partial charge is 0.160 e. The molecular formula is C49H30N2OS. The number of ether oxygens (including phenoxy) is 1. The Morgan fingerprint density at radius 1 is 0.434 bits per heavy atom. The maximum absolute atomic E-state index is 6.75. The van der Waals surface area contributed by atoms with E-state index in [0.29, 0.717) is 5.82 Å². The van der Waals surface area contributed by atoms with Gasteiger partial charge in [-0.05, 0) is 81.2 Å². The Morgan fingerprint density at radius 2 is 1.09 bits per heavy atom. The van der Waals surface area contributed by atoms with E-state index in [4.69, 9.17) is 14.7 Å². The number of nitrogens with zero attached hydrogens (tertiary/aromatic N) is 2. The summed E-state index contributed by atoms with van der Waals surface area (Å²) >= 11 is 1.80. The summed E-state index contributed by atoms with van der Waals surface area (Å²) in [5.41, 5.74) is 14.1. The summed E-state index contributed by atoms with van der Waals surface area (Å²) in [6.45, 7) is 0. The largest absolute Gasteiger partial charge is 0.457 e. The van der Waals surface area contributed by atoms with Crippen LogP contribution < -0.4 is 4.74 Å². The van der Waals surface area contributed by atoms with Crippen molar-refractivity contribution in [2.45, 2.75) is 5.41 Å². The first-order chi connectivity index (χ1) is 26.3. The summed E-state index contributed by atoms with van der Waals surface area (Å²) in [5, 5.41) is 3.51. The summed E-state index contributed by atoms with van der Waals surface area (Å²) in [4.78, 5) is 10.1. The Labute approximate surface area is 311 Å². The van der Waals surface area contributed by atoms with Gasteiger partial charge in [-0.15, -0.1) is 11.3 Å². The number of thiophene rings is 1. The lowest BCUT2D eigenvalue weighted by atomic mass is 9.65. The monoisotopic (exact) mass is 694 g/mol. The molecule has 3 nitrogen and oxygen atoms in total. The van der Waals surface area contributed by atoms with Crippen LogP contribution in [0.1, 0.15) is 22.3 Å². The predicted octanol–water partition coefficient (Wildman–Crippen LogP) is 12.8. The van der Waals surface area contributed by atoms with Crippen molar-refractivity contribution in [2.24, 2.45) is 0 Å². The summed E-state index contributed by atoms with van der Waals surface area (Å²) in [6, 6.07) is 62.5. The topological polar surface area (TPSA) is 35.0 Å². The molecule has 7 aromatic carbocycles. The standard InChI is InChI=1S/C49H30N2OS/c1-3-12-31(13-4-1)42-30-43(51-48(50-42)32-14-5-2-6-15-32)35-17-11-16-33(28-35)34-22-24-45-41(29-34)49(39-20-9-10-21-44(39)52-45)38-19-8-7-18-36(38)47-37-26-27-53-46(37)25-23-40(47)49/h1-30H. The van der Waals surface area contributed by atoms with Crippen molar-refractivity contribution in [3.8, 4) is 67.7 Å². The average Bonchev–Trinajstić information content (AvgIpc) is 3.83. The van der Waals surface area contributed by atoms with E-state index in [1.54, 1.807) is 11.3 Å². The highest BCUT2D eigenvalue weighted by Gasteiger charge is 2.51. The summed E-state index contributed by atoms with van der Waals surface area (Å²) < 4.78 is 8.05. The van der Waals surface area contributed by atoms with Gasteiger partial charge in [-0.25, -0.2) is 9.97 Å². The zero-order valence-electron chi connectivity index (χ0n) is 28.5. The highest BCUT2D eigenvalue weighted by Crippen LogP contribution is 2.63. The van der Waals surface area contributed by atoms with Crippen LogP contribution in [0.25, 0.3) is 66.2 Å². The number of hydrogen-bond donors (Lipinski definition) is 0. The van der Waals surface area contributed by atoms with Gasteiger partial charge in [0.05, 0.1) is 16.8 Å². The van der Waals surface area contributed by atoms with Crippen LogP contribution in [0.4, 0.5) is 0 Å². The highest BCUT2D eigenvalue weighted by molar-refractivity contribution is 7.17. The molecule has 2 aliphatic rings. The number of aromatic nitrogens is 2. The van der Waals surface area contributed by atoms with E-state index in [-0.39, 0.29) is 0 Å². The molecule has 0 saturated carbocycles. The molecule has 4 heteroatoms. The Bertz CT molecular complexity index is 2820. The van der Waals surface area contributed by atoms with Gasteiger partial charge < -0.3 is 4.74 Å². The lowest BCUT2D eigenvalue weighted by Gasteiger charge is -2.39. The van der Waals surface area contributed by atoms with E-state index >= 15 is 0 Å². The van der Waals surface area contributed by atoms with Crippen LogP contribution in [-0.2, 0) is 5.41 Å². The van der Waals surface area contributed by atoms with Crippen LogP contribution in [0.5, 0.6) is 11.5 Å². The van der Waals surface area contributed by atoms with E-state index in [9.17, 15) is 0 Å². The number of hydrogen-bond acceptors (Lipinski definition) is 4. The molecule has 11 rings (SSSR count). The minimum Gasteiger partial charge on any atom is -0.457 e. The first kappa shape index (κ1) is 30.0. The van der Waals surface area contributed by atoms with Gasteiger partial charge in [-0.1, -0.05) is 133 Å². The lowest BCUT2D eigenvalue weighted by Crippen LogP contribution is -2.32. The van der Waals surface area contributed by atoms with Crippen LogP contribution in [-0.4, -0.2) is 9.97 Å². The fraction of sp³-hybridized carbons (Fsp3) is 0.0204. The minimum absolute atomic E-state index is 0.540. The first-order valence-electron chi connectivity index (χ1n) is 17.9. The maximum atomic E-state index is 6.75. The summed E-state index contributed by atoms with van der Waals surface area (Å²) in [6.07, 6.45) is 0. The van der Waals surface area contributed by atoms with Crippen LogP contribution in [0.15, 0.2) is 181 Å². The third-order valence-electron chi connectivity index (χ3n) is 10.9.